The van der Waals surface area contributed by atoms with Crippen molar-refractivity contribution in [1.82, 2.24) is 9.62 Å². The van der Waals surface area contributed by atoms with Crippen LogP contribution in [-0.2, 0) is 24.3 Å². The highest BCUT2D eigenvalue weighted by molar-refractivity contribution is 7.89. The van der Waals surface area contributed by atoms with Crippen LogP contribution >= 0.6 is 0 Å². The molecule has 2 heterocycles. The summed E-state index contributed by atoms with van der Waals surface area (Å²) in [5.41, 5.74) is 0.267. The molecule has 2 amide bonds. The van der Waals surface area contributed by atoms with Gasteiger partial charge in [0.1, 0.15) is 6.04 Å². The van der Waals surface area contributed by atoms with Crippen LogP contribution in [0.3, 0.4) is 0 Å². The number of hydrogen-bond donors (Lipinski definition) is 2. The molecule has 0 spiro atoms. The highest BCUT2D eigenvalue weighted by Crippen LogP contribution is 2.23. The molecule has 0 bridgehead atoms. The van der Waals surface area contributed by atoms with Crippen LogP contribution in [0.5, 0.6) is 0 Å². The number of nitrogens with zero attached hydrogens (tertiary/aromatic N) is 1. The summed E-state index contributed by atoms with van der Waals surface area (Å²) in [5.74, 6) is -2.23. The van der Waals surface area contributed by atoms with Gasteiger partial charge in [-0.25, -0.2) is 13.2 Å². The molecule has 33 heavy (non-hydrogen) atoms. The molecule has 1 atom stereocenters. The number of ether oxygens (including phenoxy) is 1. The molecule has 11 heteroatoms. The van der Waals surface area contributed by atoms with E-state index in [1.165, 1.54) is 34.8 Å². The smallest absolute Gasteiger partial charge is 0.329 e. The maximum atomic E-state index is 12.7. The van der Waals surface area contributed by atoms with Crippen molar-refractivity contribution < 1.29 is 32.0 Å². The largest absolute Gasteiger partial charge is 0.459 e. The maximum Gasteiger partial charge on any atom is 0.329 e. The maximum absolute atomic E-state index is 12.7. The zero-order valence-corrected chi connectivity index (χ0v) is 19.3. The van der Waals surface area contributed by atoms with Crippen LogP contribution in [-0.4, -0.2) is 56.2 Å². The van der Waals surface area contributed by atoms with E-state index in [1.54, 1.807) is 26.0 Å². The molecule has 2 aromatic rings. The van der Waals surface area contributed by atoms with Crippen molar-refractivity contribution in [1.29, 1.82) is 0 Å². The van der Waals surface area contributed by atoms with Crippen molar-refractivity contribution in [2.45, 2.75) is 37.6 Å². The summed E-state index contributed by atoms with van der Waals surface area (Å²) in [6.07, 6.45) is 2.98. The fourth-order valence-electron chi connectivity index (χ4n) is 3.35. The minimum atomic E-state index is -3.62. The molecule has 2 N–H and O–H groups in total. The predicted octanol–water partition coefficient (Wildman–Crippen LogP) is 2.00. The third-order valence-electron chi connectivity index (χ3n) is 5.12. The van der Waals surface area contributed by atoms with Crippen LogP contribution in [0.15, 0.2) is 52.0 Å². The van der Waals surface area contributed by atoms with Gasteiger partial charge in [0, 0.05) is 18.8 Å². The van der Waals surface area contributed by atoms with E-state index in [4.69, 9.17) is 9.15 Å². The van der Waals surface area contributed by atoms with Crippen LogP contribution in [0, 0.1) is 5.92 Å². The Labute approximate surface area is 192 Å². The molecule has 0 aliphatic carbocycles. The standard InChI is InChI=1S/C22H27N3O7S/c1-15(2)20(24-21(27)18-9-6-12-31-18)22(28)32-14-19(26)23-16-7-5-8-17(13-16)33(29,30)25-10-3-4-11-25/h5-9,12-13,15,20H,3-4,10-11,14H2,1-2H3,(H,23,26)(H,24,27). The van der Waals surface area contributed by atoms with Gasteiger partial charge in [0.2, 0.25) is 10.0 Å². The molecule has 1 fully saturated rings. The van der Waals surface area contributed by atoms with Gasteiger partial charge in [0.25, 0.3) is 11.8 Å². The van der Waals surface area contributed by atoms with E-state index in [1.807, 2.05) is 0 Å². The van der Waals surface area contributed by atoms with E-state index in [9.17, 15) is 22.8 Å². The summed E-state index contributed by atoms with van der Waals surface area (Å²) in [7, 11) is -3.62. The van der Waals surface area contributed by atoms with Gasteiger partial charge in [0.15, 0.2) is 12.4 Å². The zero-order valence-electron chi connectivity index (χ0n) is 18.4. The monoisotopic (exact) mass is 477 g/mol. The molecule has 1 aromatic heterocycles. The molecule has 1 unspecified atom stereocenters. The van der Waals surface area contributed by atoms with Crippen LogP contribution < -0.4 is 10.6 Å². The van der Waals surface area contributed by atoms with Crippen molar-refractivity contribution in [2.75, 3.05) is 25.0 Å². The highest BCUT2D eigenvalue weighted by Gasteiger charge is 2.29. The Morgan fingerprint density at radius 1 is 1.12 bits per heavy atom. The number of hydrogen-bond acceptors (Lipinski definition) is 7. The van der Waals surface area contributed by atoms with Crippen molar-refractivity contribution >= 4 is 33.5 Å². The van der Waals surface area contributed by atoms with Crippen LogP contribution in [0.1, 0.15) is 37.2 Å². The Kier molecular flexibility index (Phi) is 7.88. The number of carbonyl (C=O) groups excluding carboxylic acids is 3. The number of nitrogens with one attached hydrogen (secondary N) is 2. The van der Waals surface area contributed by atoms with E-state index in [0.29, 0.717) is 13.1 Å². The predicted molar refractivity (Wildman–Crippen MR) is 119 cm³/mol. The minimum Gasteiger partial charge on any atom is -0.459 e. The van der Waals surface area contributed by atoms with Crippen molar-refractivity contribution in [3.05, 3.63) is 48.4 Å². The molecule has 1 aromatic carbocycles. The number of benzene rings is 1. The quantitative estimate of drug-likeness (QED) is 0.527. The Hall–Kier alpha value is -3.18. The van der Waals surface area contributed by atoms with E-state index >= 15 is 0 Å². The highest BCUT2D eigenvalue weighted by atomic mass is 32.2. The summed E-state index contributed by atoms with van der Waals surface area (Å²) < 4.78 is 36.9. The lowest BCUT2D eigenvalue weighted by Crippen LogP contribution is -2.45. The number of rotatable bonds is 9. The second-order valence-electron chi connectivity index (χ2n) is 7.97. The summed E-state index contributed by atoms with van der Waals surface area (Å²) in [5, 5.41) is 5.06. The van der Waals surface area contributed by atoms with E-state index in [-0.39, 0.29) is 22.3 Å². The molecular formula is C22H27N3O7S. The summed E-state index contributed by atoms with van der Waals surface area (Å²) >= 11 is 0. The summed E-state index contributed by atoms with van der Waals surface area (Å²) in [4.78, 5) is 37.0. The summed E-state index contributed by atoms with van der Waals surface area (Å²) in [6.45, 7) is 3.80. The number of carbonyl (C=O) groups is 3. The van der Waals surface area contributed by atoms with E-state index < -0.39 is 40.5 Å². The minimum absolute atomic E-state index is 0.0509. The Morgan fingerprint density at radius 2 is 1.85 bits per heavy atom. The molecule has 0 radical (unpaired) electrons. The van der Waals surface area contributed by atoms with Gasteiger partial charge < -0.3 is 19.8 Å². The number of esters is 1. The molecule has 178 valence electrons. The lowest BCUT2D eigenvalue weighted by Gasteiger charge is -2.20. The second-order valence-corrected chi connectivity index (χ2v) is 9.91. The van der Waals surface area contributed by atoms with E-state index in [0.717, 1.165) is 12.8 Å². The Balaban J connectivity index is 1.57. The number of sulfonamides is 1. The average molecular weight is 478 g/mol. The van der Waals surface area contributed by atoms with Crippen LogP contribution in [0.4, 0.5) is 5.69 Å². The number of furan rings is 1. The van der Waals surface area contributed by atoms with E-state index in [2.05, 4.69) is 10.6 Å². The van der Waals surface area contributed by atoms with Gasteiger partial charge in [-0.05, 0) is 49.1 Å². The van der Waals surface area contributed by atoms with Gasteiger partial charge >= 0.3 is 5.97 Å². The van der Waals surface area contributed by atoms with Crippen LogP contribution in [0.25, 0.3) is 0 Å². The Morgan fingerprint density at radius 3 is 2.48 bits per heavy atom. The van der Waals surface area contributed by atoms with Gasteiger partial charge in [0.05, 0.1) is 11.2 Å². The second kappa shape index (κ2) is 10.6. The lowest BCUT2D eigenvalue weighted by atomic mass is 10.0. The third-order valence-corrected chi connectivity index (χ3v) is 7.01. The molecule has 0 saturated carbocycles. The zero-order chi connectivity index (χ0) is 24.0. The van der Waals surface area contributed by atoms with Gasteiger partial charge in [-0.15, -0.1) is 0 Å². The molecule has 1 saturated heterocycles. The first-order valence-corrected chi connectivity index (χ1v) is 12.0. The normalized spacial score (nSPS) is 15.2. The van der Waals surface area contributed by atoms with Gasteiger partial charge in [-0.1, -0.05) is 19.9 Å². The topological polar surface area (TPSA) is 135 Å². The Bertz CT molecular complexity index is 1090. The fraction of sp³-hybridized carbons (Fsp3) is 0.409. The first-order valence-electron chi connectivity index (χ1n) is 10.6. The first-order chi connectivity index (χ1) is 15.7. The third kappa shape index (κ3) is 6.20. The number of anilines is 1. The van der Waals surface area contributed by atoms with Crippen molar-refractivity contribution in [3.8, 4) is 0 Å². The van der Waals surface area contributed by atoms with Crippen LogP contribution in [0.2, 0.25) is 0 Å². The molecular weight excluding hydrogens is 450 g/mol. The SMILES string of the molecule is CC(C)C(NC(=O)c1ccco1)C(=O)OCC(=O)Nc1cccc(S(=O)(=O)N2CCCC2)c1. The lowest BCUT2D eigenvalue weighted by molar-refractivity contribution is -0.150. The van der Waals surface area contributed by atoms with Crippen molar-refractivity contribution in [3.63, 3.8) is 0 Å². The number of amides is 2. The molecule has 1 aliphatic heterocycles. The fourth-order valence-corrected chi connectivity index (χ4v) is 4.92. The summed E-state index contributed by atoms with van der Waals surface area (Å²) in [6, 6.07) is 7.94. The molecule has 10 nitrogen and oxygen atoms in total. The average Bonchev–Trinajstić information content (AvgIpc) is 3.50. The van der Waals surface area contributed by atoms with Gasteiger partial charge in [-0.3, -0.25) is 9.59 Å². The van der Waals surface area contributed by atoms with Gasteiger partial charge in [-0.2, -0.15) is 4.31 Å². The first kappa shape index (κ1) is 24.5. The molecule has 3 rings (SSSR count). The van der Waals surface area contributed by atoms with Crippen molar-refractivity contribution in [2.24, 2.45) is 5.92 Å². The molecule has 1 aliphatic rings.